The molecule has 3 nitrogen and oxygen atoms in total. The molecule has 0 radical (unpaired) electrons. The summed E-state index contributed by atoms with van der Waals surface area (Å²) in [6.45, 7) is 2.00. The van der Waals surface area contributed by atoms with Gasteiger partial charge in [-0.1, -0.05) is 36.4 Å². The number of nitrogens with two attached hydrogens (primary N) is 1. The Labute approximate surface area is 116 Å². The van der Waals surface area contributed by atoms with E-state index in [1.165, 1.54) is 10.7 Å². The van der Waals surface area contributed by atoms with Crippen molar-refractivity contribution >= 4 is 5.69 Å². The maximum atomic E-state index is 13.8. The van der Waals surface area contributed by atoms with Gasteiger partial charge in [-0.15, -0.1) is 0 Å². The minimum absolute atomic E-state index is 0.327. The van der Waals surface area contributed by atoms with Crippen LogP contribution in [0, 0.1) is 12.7 Å². The van der Waals surface area contributed by atoms with Crippen molar-refractivity contribution in [1.29, 1.82) is 0 Å². The Morgan fingerprint density at radius 3 is 2.50 bits per heavy atom. The van der Waals surface area contributed by atoms with E-state index in [-0.39, 0.29) is 5.82 Å². The molecule has 1 heterocycles. The van der Waals surface area contributed by atoms with Gasteiger partial charge >= 0.3 is 0 Å². The van der Waals surface area contributed by atoms with Gasteiger partial charge in [0.05, 0.1) is 11.9 Å². The van der Waals surface area contributed by atoms with E-state index in [0.29, 0.717) is 17.1 Å². The van der Waals surface area contributed by atoms with E-state index in [1.807, 2.05) is 31.2 Å². The first-order chi connectivity index (χ1) is 9.66. The molecule has 0 saturated carbocycles. The van der Waals surface area contributed by atoms with Gasteiger partial charge in [0, 0.05) is 5.56 Å². The minimum Gasteiger partial charge on any atom is -0.396 e. The summed E-state index contributed by atoms with van der Waals surface area (Å²) in [5.41, 5.74) is 9.65. The van der Waals surface area contributed by atoms with Gasteiger partial charge in [-0.3, -0.25) is 0 Å². The first-order valence-electron chi connectivity index (χ1n) is 6.33. The van der Waals surface area contributed by atoms with Crippen LogP contribution in [0.5, 0.6) is 0 Å². The highest BCUT2D eigenvalue weighted by Gasteiger charge is 2.13. The molecular weight excluding hydrogens is 253 g/mol. The molecule has 0 unspecified atom stereocenters. The van der Waals surface area contributed by atoms with Crippen LogP contribution in [0.4, 0.5) is 10.1 Å². The average Bonchev–Trinajstić information content (AvgIpc) is 2.81. The summed E-state index contributed by atoms with van der Waals surface area (Å²) in [6, 6.07) is 14.3. The number of rotatable bonds is 2. The Hall–Kier alpha value is -2.62. The van der Waals surface area contributed by atoms with Gasteiger partial charge in [-0.25, -0.2) is 9.07 Å². The Balaban J connectivity index is 2.13. The van der Waals surface area contributed by atoms with E-state index in [1.54, 1.807) is 24.4 Å². The van der Waals surface area contributed by atoms with Crippen LogP contribution in [0.2, 0.25) is 0 Å². The van der Waals surface area contributed by atoms with Gasteiger partial charge in [0.25, 0.3) is 0 Å². The lowest BCUT2D eigenvalue weighted by Gasteiger charge is -2.03. The number of hydrogen-bond donors (Lipinski definition) is 1. The van der Waals surface area contributed by atoms with Crippen molar-refractivity contribution < 1.29 is 4.39 Å². The molecule has 0 amide bonds. The number of benzene rings is 2. The molecule has 0 fully saturated rings. The smallest absolute Gasteiger partial charge is 0.148 e. The van der Waals surface area contributed by atoms with Crippen molar-refractivity contribution in [2.75, 3.05) is 5.73 Å². The quantitative estimate of drug-likeness (QED) is 0.771. The zero-order chi connectivity index (χ0) is 14.1. The summed E-state index contributed by atoms with van der Waals surface area (Å²) in [5.74, 6) is -0.327. The van der Waals surface area contributed by atoms with E-state index < -0.39 is 0 Å². The maximum Gasteiger partial charge on any atom is 0.148 e. The summed E-state index contributed by atoms with van der Waals surface area (Å²) < 4.78 is 15.3. The van der Waals surface area contributed by atoms with E-state index >= 15 is 0 Å². The summed E-state index contributed by atoms with van der Waals surface area (Å²) in [5, 5.41) is 4.42. The number of para-hydroxylation sites is 1. The van der Waals surface area contributed by atoms with Crippen LogP contribution in [0.25, 0.3) is 16.9 Å². The fraction of sp³-hybridized carbons (Fsp3) is 0.0625. The van der Waals surface area contributed by atoms with Gasteiger partial charge < -0.3 is 5.73 Å². The molecule has 0 aliphatic rings. The standard InChI is InChI=1S/C16H14FN3/c1-11-6-2-3-7-12(11)16-14(18)10-20(19-16)15-9-5-4-8-13(15)17/h2-10H,18H2,1H3. The van der Waals surface area contributed by atoms with Crippen LogP contribution in [0.15, 0.2) is 54.7 Å². The summed E-state index contributed by atoms with van der Waals surface area (Å²) >= 11 is 0. The molecule has 0 aliphatic carbocycles. The van der Waals surface area contributed by atoms with Crippen molar-refractivity contribution in [2.45, 2.75) is 6.92 Å². The lowest BCUT2D eigenvalue weighted by atomic mass is 10.1. The highest BCUT2D eigenvalue weighted by Crippen LogP contribution is 2.28. The monoisotopic (exact) mass is 267 g/mol. The van der Waals surface area contributed by atoms with E-state index in [0.717, 1.165) is 11.1 Å². The van der Waals surface area contributed by atoms with Crippen molar-refractivity contribution in [3.8, 4) is 16.9 Å². The van der Waals surface area contributed by atoms with E-state index in [4.69, 9.17) is 5.73 Å². The summed E-state index contributed by atoms with van der Waals surface area (Å²) in [4.78, 5) is 0. The van der Waals surface area contributed by atoms with E-state index in [2.05, 4.69) is 5.10 Å². The number of aromatic nitrogens is 2. The van der Waals surface area contributed by atoms with Crippen LogP contribution in [0.3, 0.4) is 0 Å². The minimum atomic E-state index is -0.327. The fourth-order valence-corrected chi connectivity index (χ4v) is 2.20. The van der Waals surface area contributed by atoms with Crippen molar-refractivity contribution in [3.63, 3.8) is 0 Å². The first kappa shape index (κ1) is 12.4. The predicted molar refractivity (Wildman–Crippen MR) is 78.1 cm³/mol. The normalized spacial score (nSPS) is 10.7. The summed E-state index contributed by atoms with van der Waals surface area (Å²) in [7, 11) is 0. The van der Waals surface area contributed by atoms with Gasteiger partial charge in [0.15, 0.2) is 0 Å². The topological polar surface area (TPSA) is 43.8 Å². The molecule has 20 heavy (non-hydrogen) atoms. The molecule has 2 aromatic carbocycles. The average molecular weight is 267 g/mol. The van der Waals surface area contributed by atoms with Crippen molar-refractivity contribution in [3.05, 3.63) is 66.1 Å². The molecule has 3 rings (SSSR count). The number of hydrogen-bond acceptors (Lipinski definition) is 2. The molecule has 0 bridgehead atoms. The van der Waals surface area contributed by atoms with Crippen LogP contribution >= 0.6 is 0 Å². The molecule has 0 aliphatic heterocycles. The SMILES string of the molecule is Cc1ccccc1-c1nn(-c2ccccc2F)cc1N. The number of aryl methyl sites for hydroxylation is 1. The molecule has 100 valence electrons. The zero-order valence-corrected chi connectivity index (χ0v) is 11.0. The van der Waals surface area contributed by atoms with Crippen LogP contribution in [0.1, 0.15) is 5.56 Å². The Kier molecular flexibility index (Phi) is 2.99. The third-order valence-electron chi connectivity index (χ3n) is 3.24. The second kappa shape index (κ2) is 4.81. The predicted octanol–water partition coefficient (Wildman–Crippen LogP) is 3.57. The highest BCUT2D eigenvalue weighted by atomic mass is 19.1. The zero-order valence-electron chi connectivity index (χ0n) is 11.0. The lowest BCUT2D eigenvalue weighted by Crippen LogP contribution is -1.98. The second-order valence-electron chi connectivity index (χ2n) is 4.64. The maximum absolute atomic E-state index is 13.8. The third kappa shape index (κ3) is 2.05. The molecule has 0 atom stereocenters. The number of nitrogens with zero attached hydrogens (tertiary/aromatic N) is 2. The van der Waals surface area contributed by atoms with Gasteiger partial charge in [-0.2, -0.15) is 5.10 Å². The van der Waals surface area contributed by atoms with Crippen molar-refractivity contribution in [1.82, 2.24) is 9.78 Å². The largest absolute Gasteiger partial charge is 0.396 e. The molecule has 1 aromatic heterocycles. The van der Waals surface area contributed by atoms with Crippen LogP contribution in [-0.2, 0) is 0 Å². The first-order valence-corrected chi connectivity index (χ1v) is 6.33. The van der Waals surface area contributed by atoms with Gasteiger partial charge in [0.2, 0.25) is 0 Å². The Morgan fingerprint density at radius 2 is 1.75 bits per heavy atom. The number of nitrogen functional groups attached to an aromatic ring is 1. The third-order valence-corrected chi connectivity index (χ3v) is 3.24. The molecule has 0 saturated heterocycles. The molecule has 3 aromatic rings. The fourth-order valence-electron chi connectivity index (χ4n) is 2.20. The summed E-state index contributed by atoms with van der Waals surface area (Å²) in [6.07, 6.45) is 1.64. The molecule has 4 heteroatoms. The van der Waals surface area contributed by atoms with Gasteiger partial charge in [-0.05, 0) is 24.6 Å². The van der Waals surface area contributed by atoms with Crippen LogP contribution < -0.4 is 5.73 Å². The number of halogens is 1. The van der Waals surface area contributed by atoms with Crippen molar-refractivity contribution in [2.24, 2.45) is 0 Å². The van der Waals surface area contributed by atoms with Gasteiger partial charge in [0.1, 0.15) is 17.2 Å². The van der Waals surface area contributed by atoms with Crippen LogP contribution in [-0.4, -0.2) is 9.78 Å². The highest BCUT2D eigenvalue weighted by molar-refractivity contribution is 5.74. The molecule has 0 spiro atoms. The van der Waals surface area contributed by atoms with E-state index in [9.17, 15) is 4.39 Å². The molecular formula is C16H14FN3. The number of anilines is 1. The Morgan fingerprint density at radius 1 is 1.05 bits per heavy atom. The Bertz CT molecular complexity index is 762. The lowest BCUT2D eigenvalue weighted by molar-refractivity contribution is 0.611. The second-order valence-corrected chi connectivity index (χ2v) is 4.64. The molecule has 2 N–H and O–H groups in total.